The molecule has 1 aliphatic heterocycles. The summed E-state index contributed by atoms with van der Waals surface area (Å²) in [4.78, 5) is 26.7. The highest BCUT2D eigenvalue weighted by Crippen LogP contribution is 2.23. The summed E-state index contributed by atoms with van der Waals surface area (Å²) in [5.74, 6) is 0.691. The molecule has 2 aromatic rings. The van der Waals surface area contributed by atoms with Gasteiger partial charge in [-0.15, -0.1) is 0 Å². The minimum atomic E-state index is -0.563. The molecule has 1 unspecified atom stereocenters. The Balaban J connectivity index is 1.86. The summed E-state index contributed by atoms with van der Waals surface area (Å²) in [5.41, 5.74) is 0.838. The number of nitrogens with one attached hydrogen (secondary N) is 2. The van der Waals surface area contributed by atoms with E-state index in [1.165, 1.54) is 0 Å². The van der Waals surface area contributed by atoms with Crippen LogP contribution in [-0.4, -0.2) is 41.5 Å². The van der Waals surface area contributed by atoms with E-state index in [1.807, 2.05) is 35.2 Å². The summed E-state index contributed by atoms with van der Waals surface area (Å²) < 4.78 is 4.99. The lowest BCUT2D eigenvalue weighted by atomic mass is 10.0. The van der Waals surface area contributed by atoms with E-state index in [4.69, 9.17) is 4.52 Å². The molecule has 1 atom stereocenters. The molecule has 2 amide bonds. The second-order valence-corrected chi connectivity index (χ2v) is 5.80. The third kappa shape index (κ3) is 3.80. The predicted molar refractivity (Wildman–Crippen MR) is 88.3 cm³/mol. The van der Waals surface area contributed by atoms with Crippen LogP contribution in [0.3, 0.4) is 0 Å². The van der Waals surface area contributed by atoms with Crippen LogP contribution in [-0.2, 0) is 9.59 Å². The summed E-state index contributed by atoms with van der Waals surface area (Å²) in [5, 5.41) is 9.42. The number of aromatic nitrogens is 1. The van der Waals surface area contributed by atoms with Crippen LogP contribution >= 0.6 is 0 Å². The largest absolute Gasteiger partial charge is 0.360 e. The molecule has 0 radical (unpaired) electrons. The molecular weight excluding hydrogens is 308 g/mol. The number of amides is 2. The summed E-state index contributed by atoms with van der Waals surface area (Å²) in [6.45, 7) is 3.23. The van der Waals surface area contributed by atoms with Gasteiger partial charge < -0.3 is 15.2 Å². The maximum atomic E-state index is 12.9. The molecule has 1 fully saturated rings. The van der Waals surface area contributed by atoms with Gasteiger partial charge in [0.05, 0.1) is 6.54 Å². The lowest BCUT2D eigenvalue weighted by molar-refractivity contribution is -0.125. The molecule has 0 spiro atoms. The highest BCUT2D eigenvalue weighted by molar-refractivity contribution is 5.95. The second kappa shape index (κ2) is 7.27. The van der Waals surface area contributed by atoms with Crippen molar-refractivity contribution in [1.29, 1.82) is 0 Å². The first-order valence-electron chi connectivity index (χ1n) is 7.93. The number of benzene rings is 1. The van der Waals surface area contributed by atoms with E-state index in [1.54, 1.807) is 13.0 Å². The van der Waals surface area contributed by atoms with Crippen LogP contribution in [0.2, 0.25) is 0 Å². The SMILES string of the molecule is Cc1cc(NC(=O)C(c2ccccc2)N2CCCNC(=O)C2)no1. The van der Waals surface area contributed by atoms with E-state index in [9.17, 15) is 9.59 Å². The molecule has 24 heavy (non-hydrogen) atoms. The van der Waals surface area contributed by atoms with Crippen molar-refractivity contribution in [3.8, 4) is 0 Å². The highest BCUT2D eigenvalue weighted by atomic mass is 16.5. The quantitative estimate of drug-likeness (QED) is 0.888. The molecule has 0 bridgehead atoms. The molecule has 3 rings (SSSR count). The molecule has 1 aliphatic rings. The Bertz CT molecular complexity index is 714. The van der Waals surface area contributed by atoms with Crippen molar-refractivity contribution in [2.45, 2.75) is 19.4 Å². The van der Waals surface area contributed by atoms with E-state index >= 15 is 0 Å². The van der Waals surface area contributed by atoms with Crippen molar-refractivity contribution in [2.75, 3.05) is 25.0 Å². The van der Waals surface area contributed by atoms with Crippen LogP contribution in [0.5, 0.6) is 0 Å². The standard InChI is InChI=1S/C17H20N4O3/c1-12-10-14(20-24-12)19-17(23)16(13-6-3-2-4-7-13)21-9-5-8-18-15(22)11-21/h2-4,6-7,10,16H,5,8-9,11H2,1H3,(H,18,22)(H,19,20,23). The molecule has 2 N–H and O–H groups in total. The minimum absolute atomic E-state index is 0.0708. The number of carbonyl (C=O) groups excluding carboxylic acids is 2. The van der Waals surface area contributed by atoms with Crippen molar-refractivity contribution in [3.05, 3.63) is 47.7 Å². The van der Waals surface area contributed by atoms with Crippen molar-refractivity contribution < 1.29 is 14.1 Å². The molecule has 0 aliphatic carbocycles. The number of carbonyl (C=O) groups is 2. The lowest BCUT2D eigenvalue weighted by Crippen LogP contribution is -2.41. The Hall–Kier alpha value is -2.67. The summed E-state index contributed by atoms with van der Waals surface area (Å²) in [6, 6.07) is 10.5. The molecule has 1 aromatic carbocycles. The zero-order valence-corrected chi connectivity index (χ0v) is 13.5. The topological polar surface area (TPSA) is 87.5 Å². The zero-order valence-electron chi connectivity index (χ0n) is 13.5. The maximum Gasteiger partial charge on any atom is 0.247 e. The van der Waals surface area contributed by atoms with Crippen LogP contribution < -0.4 is 10.6 Å². The van der Waals surface area contributed by atoms with Crippen molar-refractivity contribution in [1.82, 2.24) is 15.4 Å². The van der Waals surface area contributed by atoms with Crippen LogP contribution in [0, 0.1) is 6.92 Å². The van der Waals surface area contributed by atoms with Crippen LogP contribution in [0.15, 0.2) is 40.9 Å². The van der Waals surface area contributed by atoms with Gasteiger partial charge in [-0.05, 0) is 18.9 Å². The summed E-state index contributed by atoms with van der Waals surface area (Å²) in [7, 11) is 0. The van der Waals surface area contributed by atoms with Gasteiger partial charge in [-0.25, -0.2) is 0 Å². The number of hydrogen-bond acceptors (Lipinski definition) is 5. The Morgan fingerprint density at radius 2 is 2.17 bits per heavy atom. The first-order chi connectivity index (χ1) is 11.6. The van der Waals surface area contributed by atoms with Gasteiger partial charge in [0.1, 0.15) is 11.8 Å². The number of rotatable bonds is 4. The molecule has 1 aromatic heterocycles. The van der Waals surface area contributed by atoms with Crippen molar-refractivity contribution >= 4 is 17.6 Å². The Kier molecular flexibility index (Phi) is 4.90. The number of nitrogens with zero attached hydrogens (tertiary/aromatic N) is 2. The third-order valence-electron chi connectivity index (χ3n) is 3.90. The van der Waals surface area contributed by atoms with Crippen molar-refractivity contribution in [2.24, 2.45) is 0 Å². The average Bonchev–Trinajstić information content (AvgIpc) is 2.85. The fraction of sp³-hybridized carbons (Fsp3) is 0.353. The van der Waals surface area contributed by atoms with Crippen LogP contribution in [0.1, 0.15) is 23.8 Å². The zero-order chi connectivity index (χ0) is 16.9. The minimum Gasteiger partial charge on any atom is -0.360 e. The van der Waals surface area contributed by atoms with E-state index in [0.717, 1.165) is 12.0 Å². The Labute approximate surface area is 140 Å². The van der Waals surface area contributed by atoms with Crippen LogP contribution in [0.25, 0.3) is 0 Å². The average molecular weight is 328 g/mol. The molecule has 1 saturated heterocycles. The van der Waals surface area contributed by atoms with Gasteiger partial charge in [0.2, 0.25) is 11.8 Å². The smallest absolute Gasteiger partial charge is 0.247 e. The molecule has 0 saturated carbocycles. The highest BCUT2D eigenvalue weighted by Gasteiger charge is 2.30. The number of hydrogen-bond donors (Lipinski definition) is 2. The van der Waals surface area contributed by atoms with Gasteiger partial charge in [-0.1, -0.05) is 35.5 Å². The van der Waals surface area contributed by atoms with Gasteiger partial charge in [0.15, 0.2) is 5.82 Å². The summed E-state index contributed by atoms with van der Waals surface area (Å²) >= 11 is 0. The fourth-order valence-corrected chi connectivity index (χ4v) is 2.83. The fourth-order valence-electron chi connectivity index (χ4n) is 2.83. The molecule has 7 heteroatoms. The van der Waals surface area contributed by atoms with Crippen molar-refractivity contribution in [3.63, 3.8) is 0 Å². The molecular formula is C17H20N4O3. The van der Waals surface area contributed by atoms with E-state index in [0.29, 0.717) is 24.7 Å². The summed E-state index contributed by atoms with van der Waals surface area (Å²) in [6.07, 6.45) is 0.797. The maximum absolute atomic E-state index is 12.9. The molecule has 7 nitrogen and oxygen atoms in total. The van der Waals surface area contributed by atoms with E-state index < -0.39 is 6.04 Å². The monoisotopic (exact) mass is 328 g/mol. The Morgan fingerprint density at radius 3 is 2.88 bits per heavy atom. The second-order valence-electron chi connectivity index (χ2n) is 5.80. The first-order valence-corrected chi connectivity index (χ1v) is 7.93. The van der Waals surface area contributed by atoms with Gasteiger partial charge in [0, 0.05) is 19.2 Å². The first kappa shape index (κ1) is 16.2. The normalized spacial score (nSPS) is 17.0. The third-order valence-corrected chi connectivity index (χ3v) is 3.90. The molecule has 126 valence electrons. The van der Waals surface area contributed by atoms with E-state index in [-0.39, 0.29) is 18.4 Å². The Morgan fingerprint density at radius 1 is 1.38 bits per heavy atom. The van der Waals surface area contributed by atoms with E-state index in [2.05, 4.69) is 15.8 Å². The lowest BCUT2D eigenvalue weighted by Gasteiger charge is -2.28. The van der Waals surface area contributed by atoms with Gasteiger partial charge in [0.25, 0.3) is 0 Å². The van der Waals surface area contributed by atoms with Gasteiger partial charge in [-0.2, -0.15) is 0 Å². The van der Waals surface area contributed by atoms with Crippen LogP contribution in [0.4, 0.5) is 5.82 Å². The predicted octanol–water partition coefficient (Wildman–Crippen LogP) is 1.48. The van der Waals surface area contributed by atoms with Gasteiger partial charge in [-0.3, -0.25) is 14.5 Å². The number of anilines is 1. The molecule has 2 heterocycles. The van der Waals surface area contributed by atoms with Gasteiger partial charge >= 0.3 is 0 Å². The number of aryl methyl sites for hydroxylation is 1.